The van der Waals surface area contributed by atoms with E-state index in [2.05, 4.69) is 19.9 Å². The summed E-state index contributed by atoms with van der Waals surface area (Å²) in [5.41, 5.74) is 4.56. The van der Waals surface area contributed by atoms with Crippen molar-refractivity contribution in [3.63, 3.8) is 0 Å². The summed E-state index contributed by atoms with van der Waals surface area (Å²) in [7, 11) is 0. The molecular formula is C29H32N2O3. The van der Waals surface area contributed by atoms with Crippen LogP contribution in [0.3, 0.4) is 0 Å². The number of carbonyl (C=O) groups is 2. The lowest BCUT2D eigenvalue weighted by molar-refractivity contribution is -0.121. The first-order valence-corrected chi connectivity index (χ1v) is 11.9. The van der Waals surface area contributed by atoms with E-state index in [0.717, 1.165) is 30.0 Å². The molecular weight excluding hydrogens is 424 g/mol. The third kappa shape index (κ3) is 5.30. The van der Waals surface area contributed by atoms with E-state index in [1.165, 1.54) is 11.1 Å². The highest BCUT2D eigenvalue weighted by molar-refractivity contribution is 6.11. The molecule has 0 radical (unpaired) electrons. The summed E-state index contributed by atoms with van der Waals surface area (Å²) in [5.74, 6) is 0.548. The minimum atomic E-state index is -0.299. The van der Waals surface area contributed by atoms with Crippen LogP contribution in [0.25, 0.3) is 0 Å². The van der Waals surface area contributed by atoms with E-state index in [1.807, 2.05) is 78.6 Å². The number of carbonyl (C=O) groups excluding carboxylic acids is 2. The number of para-hydroxylation sites is 2. The summed E-state index contributed by atoms with van der Waals surface area (Å²) in [6.07, 6.45) is 1.64. The Morgan fingerprint density at radius 2 is 1.56 bits per heavy atom. The Balaban J connectivity index is 1.47. The normalized spacial score (nSPS) is 15.6. The molecule has 1 aliphatic rings. The van der Waals surface area contributed by atoms with E-state index in [1.54, 1.807) is 4.90 Å². The van der Waals surface area contributed by atoms with Crippen LogP contribution in [0.5, 0.6) is 5.75 Å². The molecule has 1 heterocycles. The van der Waals surface area contributed by atoms with E-state index in [9.17, 15) is 9.59 Å². The van der Waals surface area contributed by atoms with Gasteiger partial charge in [0.1, 0.15) is 5.75 Å². The van der Waals surface area contributed by atoms with E-state index < -0.39 is 0 Å². The number of unbranched alkanes of at least 4 members (excludes halogenated alkanes) is 1. The molecule has 0 aromatic heterocycles. The van der Waals surface area contributed by atoms with Gasteiger partial charge >= 0.3 is 0 Å². The van der Waals surface area contributed by atoms with Gasteiger partial charge in [0.25, 0.3) is 5.91 Å². The van der Waals surface area contributed by atoms with E-state index in [-0.39, 0.29) is 17.7 Å². The summed E-state index contributed by atoms with van der Waals surface area (Å²) in [5, 5.41) is 0. The highest BCUT2D eigenvalue weighted by Crippen LogP contribution is 2.35. The third-order valence-electron chi connectivity index (χ3n) is 6.11. The van der Waals surface area contributed by atoms with Crippen LogP contribution in [0.2, 0.25) is 0 Å². The molecule has 34 heavy (non-hydrogen) atoms. The van der Waals surface area contributed by atoms with E-state index in [4.69, 9.17) is 4.74 Å². The predicted octanol–water partition coefficient (Wildman–Crippen LogP) is 5.79. The summed E-state index contributed by atoms with van der Waals surface area (Å²) in [6.45, 7) is 7.57. The fourth-order valence-corrected chi connectivity index (χ4v) is 4.49. The molecule has 176 valence electrons. The van der Waals surface area contributed by atoms with Crippen molar-refractivity contribution in [2.45, 2.75) is 33.6 Å². The van der Waals surface area contributed by atoms with Gasteiger partial charge in [-0.1, -0.05) is 43.3 Å². The van der Waals surface area contributed by atoms with Gasteiger partial charge in [0.05, 0.1) is 23.9 Å². The van der Waals surface area contributed by atoms with Crippen molar-refractivity contribution in [2.24, 2.45) is 5.92 Å². The molecule has 0 aliphatic carbocycles. The standard InChI is InChI=1S/C29H32N2O3/c1-21-17-22(2)19-25(18-21)34-16-10-9-15-30-26-13-7-8-14-27(26)31(20-23(3)28(30)32)29(33)24-11-5-4-6-12-24/h4-8,11-14,17-19,23H,9-10,15-16,20H2,1-3H3. The van der Waals surface area contributed by atoms with Crippen LogP contribution in [-0.4, -0.2) is 31.5 Å². The zero-order valence-electron chi connectivity index (χ0n) is 20.2. The lowest BCUT2D eigenvalue weighted by atomic mass is 10.1. The van der Waals surface area contributed by atoms with Gasteiger partial charge in [-0.2, -0.15) is 0 Å². The number of amides is 2. The molecule has 0 bridgehead atoms. The molecule has 2 amide bonds. The zero-order valence-corrected chi connectivity index (χ0v) is 20.2. The van der Waals surface area contributed by atoms with Gasteiger partial charge in [-0.25, -0.2) is 0 Å². The minimum Gasteiger partial charge on any atom is -0.494 e. The Kier molecular flexibility index (Phi) is 7.31. The number of benzene rings is 3. The maximum atomic E-state index is 13.3. The monoisotopic (exact) mass is 456 g/mol. The van der Waals surface area contributed by atoms with E-state index in [0.29, 0.717) is 25.3 Å². The third-order valence-corrected chi connectivity index (χ3v) is 6.11. The first kappa shape index (κ1) is 23.6. The number of aryl methyl sites for hydroxylation is 2. The number of hydrogen-bond acceptors (Lipinski definition) is 3. The summed E-state index contributed by atoms with van der Waals surface area (Å²) in [6, 6.07) is 23.2. The van der Waals surface area contributed by atoms with Crippen molar-refractivity contribution in [1.82, 2.24) is 0 Å². The van der Waals surface area contributed by atoms with E-state index >= 15 is 0 Å². The van der Waals surface area contributed by atoms with Gasteiger partial charge in [0, 0.05) is 18.7 Å². The van der Waals surface area contributed by atoms with Gasteiger partial charge in [-0.05, 0) is 74.2 Å². The van der Waals surface area contributed by atoms with Crippen molar-refractivity contribution < 1.29 is 14.3 Å². The van der Waals surface area contributed by atoms with Crippen LogP contribution >= 0.6 is 0 Å². The lowest BCUT2D eigenvalue weighted by Crippen LogP contribution is -2.38. The smallest absolute Gasteiger partial charge is 0.258 e. The van der Waals surface area contributed by atoms with Crippen molar-refractivity contribution in [1.29, 1.82) is 0 Å². The molecule has 0 spiro atoms. The topological polar surface area (TPSA) is 49.9 Å². The molecule has 3 aromatic carbocycles. The molecule has 1 aliphatic heterocycles. The Morgan fingerprint density at radius 1 is 0.912 bits per heavy atom. The van der Waals surface area contributed by atoms with Gasteiger partial charge in [-0.3, -0.25) is 9.59 Å². The fraction of sp³-hybridized carbons (Fsp3) is 0.310. The minimum absolute atomic E-state index is 0.0473. The highest BCUT2D eigenvalue weighted by Gasteiger charge is 2.33. The number of fused-ring (bicyclic) bond motifs is 1. The van der Waals surface area contributed by atoms with Crippen LogP contribution in [0.4, 0.5) is 11.4 Å². The first-order valence-electron chi connectivity index (χ1n) is 11.9. The molecule has 0 saturated heterocycles. The number of rotatable bonds is 7. The molecule has 0 fully saturated rings. The van der Waals surface area contributed by atoms with Crippen LogP contribution in [0.15, 0.2) is 72.8 Å². The largest absolute Gasteiger partial charge is 0.494 e. The Bertz CT molecular complexity index is 1140. The van der Waals surface area contributed by atoms with Crippen LogP contribution in [0.1, 0.15) is 41.3 Å². The molecule has 1 atom stereocenters. The molecule has 0 saturated carbocycles. The molecule has 5 nitrogen and oxygen atoms in total. The van der Waals surface area contributed by atoms with Crippen molar-refractivity contribution >= 4 is 23.2 Å². The average Bonchev–Trinajstić information content (AvgIpc) is 2.93. The number of ether oxygens (including phenoxy) is 1. The Morgan fingerprint density at radius 3 is 2.26 bits per heavy atom. The molecule has 1 unspecified atom stereocenters. The maximum absolute atomic E-state index is 13.3. The van der Waals surface area contributed by atoms with Gasteiger partial charge < -0.3 is 14.5 Å². The molecule has 5 heteroatoms. The van der Waals surface area contributed by atoms with Crippen LogP contribution < -0.4 is 14.5 Å². The number of hydrogen-bond donors (Lipinski definition) is 0. The van der Waals surface area contributed by atoms with Gasteiger partial charge in [0.15, 0.2) is 0 Å². The fourth-order valence-electron chi connectivity index (χ4n) is 4.49. The van der Waals surface area contributed by atoms with Crippen LogP contribution in [-0.2, 0) is 4.79 Å². The Labute approximate surface area is 202 Å². The number of anilines is 2. The average molecular weight is 457 g/mol. The summed E-state index contributed by atoms with van der Waals surface area (Å²) < 4.78 is 5.94. The van der Waals surface area contributed by atoms with Crippen molar-refractivity contribution in [3.8, 4) is 5.75 Å². The van der Waals surface area contributed by atoms with Crippen molar-refractivity contribution in [3.05, 3.63) is 89.5 Å². The van der Waals surface area contributed by atoms with Crippen molar-refractivity contribution in [2.75, 3.05) is 29.5 Å². The zero-order chi connectivity index (χ0) is 24.1. The lowest BCUT2D eigenvalue weighted by Gasteiger charge is -2.25. The quantitative estimate of drug-likeness (QED) is 0.423. The Hall–Kier alpha value is -3.60. The second-order valence-electron chi connectivity index (χ2n) is 9.04. The second-order valence-corrected chi connectivity index (χ2v) is 9.04. The number of nitrogens with zero attached hydrogens (tertiary/aromatic N) is 2. The SMILES string of the molecule is Cc1cc(C)cc(OCCCCN2C(=O)C(C)CN(C(=O)c3ccccc3)c3ccccc32)c1. The molecule has 4 rings (SSSR count). The second kappa shape index (κ2) is 10.6. The predicted molar refractivity (Wildman–Crippen MR) is 137 cm³/mol. The summed E-state index contributed by atoms with van der Waals surface area (Å²) in [4.78, 5) is 30.3. The van der Waals surface area contributed by atoms with Gasteiger partial charge in [-0.15, -0.1) is 0 Å². The molecule has 0 N–H and O–H groups in total. The van der Waals surface area contributed by atoms with Gasteiger partial charge in [0.2, 0.25) is 5.91 Å². The van der Waals surface area contributed by atoms with Crippen LogP contribution in [0, 0.1) is 19.8 Å². The first-order chi connectivity index (χ1) is 16.4. The summed E-state index contributed by atoms with van der Waals surface area (Å²) >= 11 is 0. The molecule has 3 aromatic rings. The maximum Gasteiger partial charge on any atom is 0.258 e. The highest BCUT2D eigenvalue weighted by atomic mass is 16.5.